The minimum Gasteiger partial charge on any atom is -0.481 e. The van der Waals surface area contributed by atoms with Gasteiger partial charge in [0.15, 0.2) is 6.10 Å². The number of rotatable bonds is 6. The minimum atomic E-state index is -0.576. The van der Waals surface area contributed by atoms with Crippen LogP contribution in [0.4, 0.5) is 5.69 Å². The number of amides is 2. The molecular formula is C21H24N2O3. The predicted octanol–water partition coefficient (Wildman–Crippen LogP) is 3.46. The Bertz CT molecular complexity index is 799. The Hall–Kier alpha value is -2.82. The lowest BCUT2D eigenvalue weighted by Crippen LogP contribution is -2.32. The maximum absolute atomic E-state index is 12.5. The first-order valence-corrected chi connectivity index (χ1v) is 9.06. The van der Waals surface area contributed by atoms with Crippen LogP contribution < -0.4 is 15.8 Å². The Morgan fingerprint density at radius 2 is 1.77 bits per heavy atom. The van der Waals surface area contributed by atoms with Gasteiger partial charge < -0.3 is 15.8 Å². The van der Waals surface area contributed by atoms with E-state index in [2.05, 4.69) is 17.4 Å². The molecule has 26 heavy (non-hydrogen) atoms. The molecule has 0 saturated heterocycles. The summed E-state index contributed by atoms with van der Waals surface area (Å²) < 4.78 is 5.94. The zero-order valence-electron chi connectivity index (χ0n) is 15.0. The first-order chi connectivity index (χ1) is 12.6. The Morgan fingerprint density at radius 3 is 2.42 bits per heavy atom. The highest BCUT2D eigenvalue weighted by Gasteiger charge is 2.19. The number of ether oxygens (including phenoxy) is 1. The molecule has 136 valence electrons. The smallest absolute Gasteiger partial charge is 0.265 e. The van der Waals surface area contributed by atoms with Gasteiger partial charge in [-0.25, -0.2) is 0 Å². The van der Waals surface area contributed by atoms with Crippen molar-refractivity contribution in [1.82, 2.24) is 0 Å². The maximum Gasteiger partial charge on any atom is 0.265 e. The van der Waals surface area contributed by atoms with Gasteiger partial charge in [-0.15, -0.1) is 0 Å². The van der Waals surface area contributed by atoms with Gasteiger partial charge in [0, 0.05) is 11.3 Å². The van der Waals surface area contributed by atoms with Gasteiger partial charge in [0.05, 0.1) is 0 Å². The Balaban J connectivity index is 1.66. The SMILES string of the molecule is CC[C@@H](Oc1ccc2c(c1)CCCC2)C(=O)Nc1ccc(C(N)=O)cc1. The molecule has 0 bridgehead atoms. The van der Waals surface area contributed by atoms with Gasteiger partial charge in [-0.1, -0.05) is 13.0 Å². The highest BCUT2D eigenvalue weighted by molar-refractivity contribution is 5.96. The molecule has 5 nitrogen and oxygen atoms in total. The second-order valence-corrected chi connectivity index (χ2v) is 6.58. The molecule has 3 rings (SSSR count). The summed E-state index contributed by atoms with van der Waals surface area (Å²) in [6, 6.07) is 12.6. The van der Waals surface area contributed by atoms with E-state index in [1.54, 1.807) is 24.3 Å². The topological polar surface area (TPSA) is 81.4 Å². The van der Waals surface area contributed by atoms with Crippen molar-refractivity contribution in [2.45, 2.75) is 45.1 Å². The normalized spacial score (nSPS) is 14.2. The molecule has 0 radical (unpaired) electrons. The van der Waals surface area contributed by atoms with Crippen LogP contribution in [-0.2, 0) is 17.6 Å². The molecule has 0 saturated carbocycles. The van der Waals surface area contributed by atoms with Crippen LogP contribution in [0.5, 0.6) is 5.75 Å². The lowest BCUT2D eigenvalue weighted by molar-refractivity contribution is -0.122. The van der Waals surface area contributed by atoms with Crippen molar-refractivity contribution in [2.24, 2.45) is 5.73 Å². The number of hydrogen-bond donors (Lipinski definition) is 2. The van der Waals surface area contributed by atoms with Crippen molar-refractivity contribution in [3.8, 4) is 5.75 Å². The van der Waals surface area contributed by atoms with Gasteiger partial charge in [-0.05, 0) is 79.6 Å². The summed E-state index contributed by atoms with van der Waals surface area (Å²) in [4.78, 5) is 23.6. The summed E-state index contributed by atoms with van der Waals surface area (Å²) >= 11 is 0. The maximum atomic E-state index is 12.5. The fourth-order valence-electron chi connectivity index (χ4n) is 3.21. The first kappa shape index (κ1) is 18.0. The standard InChI is InChI=1S/C21H24N2O3/c1-2-19(21(25)23-17-10-7-15(8-11-17)20(22)24)26-18-12-9-14-5-3-4-6-16(14)13-18/h7-13,19H,2-6H2,1H3,(H2,22,24)(H,23,25)/t19-/m1/s1. The van der Waals surface area contributed by atoms with Crippen molar-refractivity contribution in [2.75, 3.05) is 5.32 Å². The van der Waals surface area contributed by atoms with Crippen LogP contribution in [0.2, 0.25) is 0 Å². The molecule has 0 aliphatic heterocycles. The average Bonchev–Trinajstić information content (AvgIpc) is 2.66. The van der Waals surface area contributed by atoms with Crippen molar-refractivity contribution in [3.63, 3.8) is 0 Å². The van der Waals surface area contributed by atoms with Gasteiger partial charge in [0.25, 0.3) is 5.91 Å². The van der Waals surface area contributed by atoms with Crippen LogP contribution in [0, 0.1) is 0 Å². The number of anilines is 1. The van der Waals surface area contributed by atoms with Crippen LogP contribution in [0.1, 0.15) is 47.7 Å². The predicted molar refractivity (Wildman–Crippen MR) is 101 cm³/mol. The van der Waals surface area contributed by atoms with Gasteiger partial charge in [-0.3, -0.25) is 9.59 Å². The van der Waals surface area contributed by atoms with E-state index in [-0.39, 0.29) is 5.91 Å². The summed E-state index contributed by atoms with van der Waals surface area (Å²) in [6.07, 6.45) is 4.61. The highest BCUT2D eigenvalue weighted by atomic mass is 16.5. The summed E-state index contributed by atoms with van der Waals surface area (Å²) in [5.74, 6) is 0.0267. The third-order valence-corrected chi connectivity index (χ3v) is 4.70. The van der Waals surface area contributed by atoms with Crippen LogP contribution in [-0.4, -0.2) is 17.9 Å². The number of carbonyl (C=O) groups is 2. The fourth-order valence-corrected chi connectivity index (χ4v) is 3.21. The summed E-state index contributed by atoms with van der Waals surface area (Å²) in [5.41, 5.74) is 8.94. The van der Waals surface area contributed by atoms with Crippen LogP contribution in [0.25, 0.3) is 0 Å². The van der Waals surface area contributed by atoms with E-state index >= 15 is 0 Å². The van der Waals surface area contributed by atoms with Crippen LogP contribution in [0.15, 0.2) is 42.5 Å². The number of nitrogens with two attached hydrogens (primary N) is 1. The van der Waals surface area contributed by atoms with E-state index in [1.165, 1.54) is 24.0 Å². The zero-order valence-corrected chi connectivity index (χ0v) is 15.0. The molecule has 0 aromatic heterocycles. The van der Waals surface area contributed by atoms with Crippen molar-refractivity contribution >= 4 is 17.5 Å². The molecule has 1 atom stereocenters. The number of hydrogen-bond acceptors (Lipinski definition) is 3. The zero-order chi connectivity index (χ0) is 18.5. The van der Waals surface area contributed by atoms with E-state index in [4.69, 9.17) is 10.5 Å². The lowest BCUT2D eigenvalue weighted by Gasteiger charge is -2.20. The largest absolute Gasteiger partial charge is 0.481 e. The van der Waals surface area contributed by atoms with Crippen molar-refractivity contribution in [3.05, 3.63) is 59.2 Å². The Kier molecular flexibility index (Phi) is 5.56. The molecule has 3 N–H and O–H groups in total. The summed E-state index contributed by atoms with van der Waals surface area (Å²) in [7, 11) is 0. The highest BCUT2D eigenvalue weighted by Crippen LogP contribution is 2.26. The second-order valence-electron chi connectivity index (χ2n) is 6.58. The number of fused-ring (bicyclic) bond motifs is 1. The molecular weight excluding hydrogens is 328 g/mol. The molecule has 1 aliphatic rings. The molecule has 0 fully saturated rings. The minimum absolute atomic E-state index is 0.211. The third kappa shape index (κ3) is 4.23. The number of primary amides is 1. The fraction of sp³-hybridized carbons (Fsp3) is 0.333. The van der Waals surface area contributed by atoms with Crippen molar-refractivity contribution < 1.29 is 14.3 Å². The van der Waals surface area contributed by atoms with E-state index in [0.29, 0.717) is 17.7 Å². The Morgan fingerprint density at radius 1 is 1.08 bits per heavy atom. The van der Waals surface area contributed by atoms with Crippen LogP contribution >= 0.6 is 0 Å². The molecule has 1 aliphatic carbocycles. The van der Waals surface area contributed by atoms with E-state index in [0.717, 1.165) is 18.6 Å². The number of benzene rings is 2. The van der Waals surface area contributed by atoms with E-state index in [9.17, 15) is 9.59 Å². The monoisotopic (exact) mass is 352 g/mol. The molecule has 0 spiro atoms. The summed E-state index contributed by atoms with van der Waals surface area (Å²) in [6.45, 7) is 1.92. The molecule has 0 heterocycles. The van der Waals surface area contributed by atoms with Gasteiger partial charge in [-0.2, -0.15) is 0 Å². The quantitative estimate of drug-likeness (QED) is 0.835. The molecule has 2 aromatic carbocycles. The average molecular weight is 352 g/mol. The Labute approximate surface area is 153 Å². The van der Waals surface area contributed by atoms with E-state index in [1.807, 2.05) is 13.0 Å². The first-order valence-electron chi connectivity index (χ1n) is 9.06. The number of nitrogens with one attached hydrogen (secondary N) is 1. The van der Waals surface area contributed by atoms with Crippen molar-refractivity contribution in [1.29, 1.82) is 0 Å². The van der Waals surface area contributed by atoms with Gasteiger partial charge in [0.2, 0.25) is 5.91 Å². The van der Waals surface area contributed by atoms with Gasteiger partial charge >= 0.3 is 0 Å². The molecule has 2 amide bonds. The number of carbonyl (C=O) groups excluding carboxylic acids is 2. The molecule has 5 heteroatoms. The number of aryl methyl sites for hydroxylation is 2. The van der Waals surface area contributed by atoms with Gasteiger partial charge in [0.1, 0.15) is 5.75 Å². The third-order valence-electron chi connectivity index (χ3n) is 4.70. The second kappa shape index (κ2) is 8.04. The van der Waals surface area contributed by atoms with E-state index < -0.39 is 12.0 Å². The molecule has 2 aromatic rings. The molecule has 0 unspecified atom stereocenters. The summed E-state index contributed by atoms with van der Waals surface area (Å²) in [5, 5.41) is 2.83. The lowest BCUT2D eigenvalue weighted by atomic mass is 9.92. The van der Waals surface area contributed by atoms with Crippen LogP contribution in [0.3, 0.4) is 0 Å².